The minimum absolute atomic E-state index is 0.323. The molecule has 0 radical (unpaired) electrons. The molecule has 0 bridgehead atoms. The summed E-state index contributed by atoms with van der Waals surface area (Å²) < 4.78 is 25.3. The van der Waals surface area contributed by atoms with Crippen molar-refractivity contribution in [2.24, 2.45) is 0 Å². The number of hydrogen-bond donors (Lipinski definition) is 2. The Hall–Kier alpha value is -1.91. The van der Waals surface area contributed by atoms with Crippen LogP contribution in [-0.2, 0) is 20.6 Å². The lowest BCUT2D eigenvalue weighted by atomic mass is 10.2. The van der Waals surface area contributed by atoms with Gasteiger partial charge in [0.15, 0.2) is 0 Å². The molecule has 0 aliphatic rings. The molecule has 0 heterocycles. The molecule has 2 N–H and O–H groups in total. The van der Waals surface area contributed by atoms with Crippen LogP contribution in [0.5, 0.6) is 0 Å². The molecule has 0 aliphatic carbocycles. The first kappa shape index (κ1) is 14.2. The third-order valence-corrected chi connectivity index (χ3v) is 3.59. The SMILES string of the molecule is C[C@H](NS(=O)(=O)Cc1ccc(C#N)cc1)C(=O)O. The molecule has 6 nitrogen and oxygen atoms in total. The molecule has 96 valence electrons. The van der Waals surface area contributed by atoms with Crippen molar-refractivity contribution in [3.8, 4) is 6.07 Å². The zero-order valence-electron chi connectivity index (χ0n) is 9.62. The molecule has 0 aromatic heterocycles. The highest BCUT2D eigenvalue weighted by atomic mass is 32.2. The Bertz CT molecular complexity index is 572. The smallest absolute Gasteiger partial charge is 0.321 e. The van der Waals surface area contributed by atoms with E-state index < -0.39 is 22.0 Å². The topological polar surface area (TPSA) is 107 Å². The predicted molar refractivity (Wildman–Crippen MR) is 64.0 cm³/mol. The zero-order valence-corrected chi connectivity index (χ0v) is 10.4. The fraction of sp³-hybridized carbons (Fsp3) is 0.273. The van der Waals surface area contributed by atoms with Gasteiger partial charge in [-0.05, 0) is 24.6 Å². The Balaban J connectivity index is 2.76. The molecular formula is C11H12N2O4S. The van der Waals surface area contributed by atoms with Crippen LogP contribution in [-0.4, -0.2) is 25.5 Å². The largest absolute Gasteiger partial charge is 0.480 e. The van der Waals surface area contributed by atoms with Gasteiger partial charge in [0.1, 0.15) is 6.04 Å². The Morgan fingerprint density at radius 2 is 2.00 bits per heavy atom. The average Bonchev–Trinajstić information content (AvgIpc) is 2.28. The summed E-state index contributed by atoms with van der Waals surface area (Å²) in [5.41, 5.74) is 0.919. The normalized spacial score (nSPS) is 12.7. The predicted octanol–water partition coefficient (Wildman–Crippen LogP) is 0.451. The maximum absolute atomic E-state index is 11.6. The molecule has 1 rings (SSSR count). The minimum Gasteiger partial charge on any atom is -0.480 e. The van der Waals surface area contributed by atoms with Gasteiger partial charge in [-0.25, -0.2) is 13.1 Å². The minimum atomic E-state index is -3.71. The molecule has 0 amide bonds. The number of benzene rings is 1. The van der Waals surface area contributed by atoms with Crippen molar-refractivity contribution in [1.82, 2.24) is 4.72 Å². The van der Waals surface area contributed by atoms with Gasteiger partial charge in [0.2, 0.25) is 10.0 Å². The quantitative estimate of drug-likeness (QED) is 0.806. The molecule has 1 aromatic carbocycles. The summed E-state index contributed by atoms with van der Waals surface area (Å²) in [5.74, 6) is -1.56. The van der Waals surface area contributed by atoms with E-state index in [0.717, 1.165) is 0 Å². The van der Waals surface area contributed by atoms with Crippen molar-refractivity contribution in [3.63, 3.8) is 0 Å². The molecule has 0 aliphatic heterocycles. The van der Waals surface area contributed by atoms with Crippen molar-refractivity contribution in [3.05, 3.63) is 35.4 Å². The number of nitrogens with zero attached hydrogens (tertiary/aromatic N) is 1. The number of nitrogens with one attached hydrogen (secondary N) is 1. The number of carbonyl (C=O) groups is 1. The number of rotatable bonds is 5. The van der Waals surface area contributed by atoms with Crippen LogP contribution in [0.1, 0.15) is 18.1 Å². The highest BCUT2D eigenvalue weighted by Gasteiger charge is 2.19. The number of sulfonamides is 1. The van der Waals surface area contributed by atoms with Gasteiger partial charge < -0.3 is 5.11 Å². The first-order valence-corrected chi connectivity index (χ1v) is 6.71. The van der Waals surface area contributed by atoms with Crippen LogP contribution in [0.2, 0.25) is 0 Å². The summed E-state index contributed by atoms with van der Waals surface area (Å²) in [5, 5.41) is 17.2. The maximum Gasteiger partial charge on any atom is 0.321 e. The molecule has 0 spiro atoms. The third-order valence-electron chi connectivity index (χ3n) is 2.17. The number of nitriles is 1. The van der Waals surface area contributed by atoms with Gasteiger partial charge in [-0.2, -0.15) is 5.26 Å². The summed E-state index contributed by atoms with van der Waals surface area (Å²) in [6, 6.07) is 6.79. The summed E-state index contributed by atoms with van der Waals surface area (Å²) >= 11 is 0. The van der Waals surface area contributed by atoms with E-state index in [0.29, 0.717) is 11.1 Å². The van der Waals surface area contributed by atoms with E-state index >= 15 is 0 Å². The molecule has 18 heavy (non-hydrogen) atoms. The number of hydrogen-bond acceptors (Lipinski definition) is 4. The van der Waals surface area contributed by atoms with Crippen LogP contribution in [0, 0.1) is 11.3 Å². The van der Waals surface area contributed by atoms with Crippen LogP contribution in [0.15, 0.2) is 24.3 Å². The van der Waals surface area contributed by atoms with Gasteiger partial charge in [0.05, 0.1) is 17.4 Å². The lowest BCUT2D eigenvalue weighted by Crippen LogP contribution is -2.38. The summed E-state index contributed by atoms with van der Waals surface area (Å²) in [6.45, 7) is 1.25. The van der Waals surface area contributed by atoms with E-state index in [2.05, 4.69) is 0 Å². The molecule has 7 heteroatoms. The summed E-state index contributed by atoms with van der Waals surface area (Å²) in [6.07, 6.45) is 0. The lowest BCUT2D eigenvalue weighted by molar-refractivity contribution is -0.138. The van der Waals surface area contributed by atoms with Gasteiger partial charge in [-0.15, -0.1) is 0 Å². The highest BCUT2D eigenvalue weighted by molar-refractivity contribution is 7.88. The van der Waals surface area contributed by atoms with E-state index in [-0.39, 0.29) is 5.75 Å². The van der Waals surface area contributed by atoms with E-state index in [1.54, 1.807) is 0 Å². The Morgan fingerprint density at radius 3 is 2.44 bits per heavy atom. The Labute approximate surface area is 105 Å². The van der Waals surface area contributed by atoms with Gasteiger partial charge in [-0.3, -0.25) is 4.79 Å². The van der Waals surface area contributed by atoms with Gasteiger partial charge >= 0.3 is 5.97 Å². The van der Waals surface area contributed by atoms with Crippen LogP contribution in [0.4, 0.5) is 0 Å². The van der Waals surface area contributed by atoms with Crippen molar-refractivity contribution in [2.45, 2.75) is 18.7 Å². The standard InChI is InChI=1S/C11H12N2O4S/c1-8(11(14)15)13-18(16,17)7-10-4-2-9(6-12)3-5-10/h2-5,8,13H,7H2,1H3,(H,14,15)/t8-/m0/s1. The van der Waals surface area contributed by atoms with E-state index in [1.165, 1.54) is 31.2 Å². The second-order valence-electron chi connectivity index (χ2n) is 3.75. The van der Waals surface area contributed by atoms with Crippen LogP contribution in [0.3, 0.4) is 0 Å². The third kappa shape index (κ3) is 4.16. The summed E-state index contributed by atoms with van der Waals surface area (Å²) in [7, 11) is -3.71. The molecule has 1 atom stereocenters. The highest BCUT2D eigenvalue weighted by Crippen LogP contribution is 2.07. The molecule has 1 aromatic rings. The van der Waals surface area contributed by atoms with Crippen LogP contribution < -0.4 is 4.72 Å². The van der Waals surface area contributed by atoms with Crippen LogP contribution in [0.25, 0.3) is 0 Å². The zero-order chi connectivity index (χ0) is 13.8. The van der Waals surface area contributed by atoms with Crippen LogP contribution >= 0.6 is 0 Å². The van der Waals surface area contributed by atoms with Gasteiger partial charge in [-0.1, -0.05) is 12.1 Å². The van der Waals surface area contributed by atoms with E-state index in [1.807, 2.05) is 10.8 Å². The van der Waals surface area contributed by atoms with E-state index in [9.17, 15) is 13.2 Å². The number of aliphatic carboxylic acids is 1. The molecule has 0 saturated heterocycles. The first-order valence-electron chi connectivity index (χ1n) is 5.06. The van der Waals surface area contributed by atoms with E-state index in [4.69, 9.17) is 10.4 Å². The maximum atomic E-state index is 11.6. The summed E-state index contributed by atoms with van der Waals surface area (Å²) in [4.78, 5) is 10.5. The lowest BCUT2D eigenvalue weighted by Gasteiger charge is -2.10. The number of carboxylic acids is 1. The fourth-order valence-electron chi connectivity index (χ4n) is 1.26. The first-order chi connectivity index (χ1) is 8.34. The second kappa shape index (κ2) is 5.62. The van der Waals surface area contributed by atoms with Gasteiger partial charge in [0, 0.05) is 0 Å². The monoisotopic (exact) mass is 268 g/mol. The molecule has 0 saturated carbocycles. The molecule has 0 unspecified atom stereocenters. The average molecular weight is 268 g/mol. The van der Waals surface area contributed by atoms with Crippen molar-refractivity contribution < 1.29 is 18.3 Å². The van der Waals surface area contributed by atoms with Crippen molar-refractivity contribution >= 4 is 16.0 Å². The Morgan fingerprint density at radius 1 is 1.44 bits per heavy atom. The van der Waals surface area contributed by atoms with Crippen molar-refractivity contribution in [2.75, 3.05) is 0 Å². The molecular weight excluding hydrogens is 256 g/mol. The van der Waals surface area contributed by atoms with Gasteiger partial charge in [0.25, 0.3) is 0 Å². The molecule has 0 fully saturated rings. The Kier molecular flexibility index (Phi) is 4.42. The second-order valence-corrected chi connectivity index (χ2v) is 5.50. The van der Waals surface area contributed by atoms with Crippen molar-refractivity contribution in [1.29, 1.82) is 5.26 Å². The number of carboxylic acid groups (broad SMARTS) is 1. The fourth-order valence-corrected chi connectivity index (χ4v) is 2.61.